The van der Waals surface area contributed by atoms with Crippen LogP contribution >= 0.6 is 11.3 Å². The number of likely N-dealkylation sites (tertiary alicyclic amines) is 2. The van der Waals surface area contributed by atoms with Crippen LogP contribution in [0.5, 0.6) is 0 Å². The molecule has 1 aromatic heterocycles. The molecule has 2 saturated heterocycles. The lowest BCUT2D eigenvalue weighted by Gasteiger charge is -2.46. The molecule has 0 spiro atoms. The maximum Gasteiger partial charge on any atom is 0.318 e. The summed E-state index contributed by atoms with van der Waals surface area (Å²) in [6.07, 6.45) is 4.46. The van der Waals surface area contributed by atoms with Crippen LogP contribution in [0.2, 0.25) is 0 Å². The number of nitrogens with one attached hydrogen (secondary N) is 1. The van der Waals surface area contributed by atoms with Crippen LogP contribution in [0.25, 0.3) is 0 Å². The van der Waals surface area contributed by atoms with Crippen LogP contribution in [-0.2, 0) is 0 Å². The van der Waals surface area contributed by atoms with Crippen LogP contribution in [0.1, 0.15) is 43.5 Å². The molecule has 2 fully saturated rings. The zero-order valence-electron chi connectivity index (χ0n) is 13.6. The SMILES string of the molecule is CC[C@H](NC(=O)N1CCC[C@@H]2CN(C)CC[C@@H]21)c1cccs1. The standard InChI is InChI=1S/C17H27N3OS/c1-3-14(16-7-5-11-22-16)18-17(21)20-9-4-6-13-12-19(2)10-8-15(13)20/h5,7,11,13-15H,3-4,6,8-10,12H2,1-2H3,(H,18,21)/t13-,14+,15+/m1/s1. The zero-order chi connectivity index (χ0) is 15.5. The molecule has 1 aromatic rings. The summed E-state index contributed by atoms with van der Waals surface area (Å²) >= 11 is 1.73. The molecule has 122 valence electrons. The van der Waals surface area contributed by atoms with Crippen molar-refractivity contribution >= 4 is 17.4 Å². The van der Waals surface area contributed by atoms with Crippen LogP contribution in [0.4, 0.5) is 4.79 Å². The van der Waals surface area contributed by atoms with E-state index in [1.807, 2.05) is 0 Å². The van der Waals surface area contributed by atoms with Gasteiger partial charge in [-0.3, -0.25) is 0 Å². The molecule has 0 unspecified atom stereocenters. The molecule has 22 heavy (non-hydrogen) atoms. The molecule has 0 radical (unpaired) electrons. The van der Waals surface area contributed by atoms with Crippen molar-refractivity contribution in [3.05, 3.63) is 22.4 Å². The summed E-state index contributed by atoms with van der Waals surface area (Å²) in [6, 6.07) is 4.90. The molecule has 2 aliphatic heterocycles. The summed E-state index contributed by atoms with van der Waals surface area (Å²) in [5.41, 5.74) is 0. The second-order valence-electron chi connectivity index (χ2n) is 6.64. The molecule has 2 amide bonds. The second kappa shape index (κ2) is 7.01. The lowest BCUT2D eigenvalue weighted by molar-refractivity contribution is 0.0523. The van der Waals surface area contributed by atoms with Gasteiger partial charge in [-0.1, -0.05) is 13.0 Å². The van der Waals surface area contributed by atoms with E-state index in [1.54, 1.807) is 11.3 Å². The average molecular weight is 321 g/mol. The molecule has 0 aliphatic carbocycles. The van der Waals surface area contributed by atoms with Crippen LogP contribution in [-0.4, -0.2) is 48.6 Å². The van der Waals surface area contributed by atoms with Gasteiger partial charge in [-0.15, -0.1) is 11.3 Å². The van der Waals surface area contributed by atoms with Gasteiger partial charge in [0.25, 0.3) is 0 Å². The van der Waals surface area contributed by atoms with Crippen molar-refractivity contribution in [1.82, 2.24) is 15.1 Å². The van der Waals surface area contributed by atoms with Crippen molar-refractivity contribution in [2.24, 2.45) is 5.92 Å². The lowest BCUT2D eigenvalue weighted by Crippen LogP contribution is -2.57. The number of piperidine rings is 2. The van der Waals surface area contributed by atoms with Gasteiger partial charge in [0, 0.05) is 24.0 Å². The molecule has 3 heterocycles. The fraction of sp³-hybridized carbons (Fsp3) is 0.706. The summed E-state index contributed by atoms with van der Waals surface area (Å²) in [4.78, 5) is 18.6. The summed E-state index contributed by atoms with van der Waals surface area (Å²) in [5, 5.41) is 5.35. The molecule has 2 aliphatic rings. The van der Waals surface area contributed by atoms with E-state index in [-0.39, 0.29) is 12.1 Å². The summed E-state index contributed by atoms with van der Waals surface area (Å²) in [7, 11) is 2.19. The van der Waals surface area contributed by atoms with Gasteiger partial charge in [-0.2, -0.15) is 0 Å². The van der Waals surface area contributed by atoms with Gasteiger partial charge in [-0.25, -0.2) is 4.79 Å². The van der Waals surface area contributed by atoms with Gasteiger partial charge in [-0.05, 0) is 56.6 Å². The van der Waals surface area contributed by atoms with E-state index in [0.717, 1.165) is 38.9 Å². The van der Waals surface area contributed by atoms with Crippen molar-refractivity contribution < 1.29 is 4.79 Å². The third-order valence-corrected chi connectivity index (χ3v) is 6.11. The highest BCUT2D eigenvalue weighted by atomic mass is 32.1. The smallest absolute Gasteiger partial charge is 0.318 e. The van der Waals surface area contributed by atoms with E-state index in [1.165, 1.54) is 11.3 Å². The first-order chi connectivity index (χ1) is 10.7. The van der Waals surface area contributed by atoms with Crippen molar-refractivity contribution in [3.63, 3.8) is 0 Å². The minimum atomic E-state index is 0.138. The Bertz CT molecular complexity index is 490. The minimum Gasteiger partial charge on any atom is -0.330 e. The minimum absolute atomic E-state index is 0.138. The Kier molecular flexibility index (Phi) is 5.03. The molecular formula is C17H27N3OS. The maximum absolute atomic E-state index is 12.8. The van der Waals surface area contributed by atoms with E-state index in [0.29, 0.717) is 12.0 Å². The van der Waals surface area contributed by atoms with Gasteiger partial charge in [0.05, 0.1) is 6.04 Å². The molecule has 5 heteroatoms. The van der Waals surface area contributed by atoms with Crippen LogP contribution in [0.3, 0.4) is 0 Å². The lowest BCUT2D eigenvalue weighted by atomic mass is 9.84. The summed E-state index contributed by atoms with van der Waals surface area (Å²) in [5.74, 6) is 0.653. The number of carbonyl (C=O) groups excluding carboxylic acids is 1. The molecule has 0 saturated carbocycles. The first-order valence-corrected chi connectivity index (χ1v) is 9.36. The first-order valence-electron chi connectivity index (χ1n) is 8.48. The van der Waals surface area contributed by atoms with E-state index in [2.05, 4.69) is 46.6 Å². The number of rotatable bonds is 3. The number of hydrogen-bond donors (Lipinski definition) is 1. The Labute approximate surface area is 137 Å². The van der Waals surface area contributed by atoms with Crippen molar-refractivity contribution in [2.45, 2.75) is 44.7 Å². The highest BCUT2D eigenvalue weighted by Crippen LogP contribution is 2.31. The number of urea groups is 1. The highest BCUT2D eigenvalue weighted by molar-refractivity contribution is 7.10. The van der Waals surface area contributed by atoms with Gasteiger partial charge >= 0.3 is 6.03 Å². The van der Waals surface area contributed by atoms with Crippen molar-refractivity contribution in [2.75, 3.05) is 26.7 Å². The first kappa shape index (κ1) is 15.8. The fourth-order valence-corrected chi connectivity index (χ4v) is 4.79. The second-order valence-corrected chi connectivity index (χ2v) is 7.62. The normalized spacial score (nSPS) is 27.3. The number of thiophene rings is 1. The summed E-state index contributed by atoms with van der Waals surface area (Å²) < 4.78 is 0. The fourth-order valence-electron chi connectivity index (χ4n) is 3.93. The van der Waals surface area contributed by atoms with Gasteiger partial charge in [0.2, 0.25) is 0 Å². The monoisotopic (exact) mass is 321 g/mol. The number of fused-ring (bicyclic) bond motifs is 1. The van der Waals surface area contributed by atoms with Gasteiger partial charge in [0.1, 0.15) is 0 Å². The van der Waals surface area contributed by atoms with Gasteiger partial charge in [0.15, 0.2) is 0 Å². The van der Waals surface area contributed by atoms with Crippen molar-refractivity contribution in [3.8, 4) is 0 Å². The molecule has 4 nitrogen and oxygen atoms in total. The number of amides is 2. The Morgan fingerprint density at radius 2 is 2.32 bits per heavy atom. The Morgan fingerprint density at radius 3 is 3.05 bits per heavy atom. The van der Waals surface area contributed by atoms with Gasteiger partial charge < -0.3 is 15.1 Å². The predicted octanol–water partition coefficient (Wildman–Crippen LogP) is 3.32. The Morgan fingerprint density at radius 1 is 1.45 bits per heavy atom. The quantitative estimate of drug-likeness (QED) is 0.927. The molecular weight excluding hydrogens is 294 g/mol. The van der Waals surface area contributed by atoms with Crippen molar-refractivity contribution in [1.29, 1.82) is 0 Å². The highest BCUT2D eigenvalue weighted by Gasteiger charge is 2.37. The molecule has 3 rings (SSSR count). The number of carbonyl (C=O) groups is 1. The summed E-state index contributed by atoms with van der Waals surface area (Å²) in [6.45, 7) is 5.29. The molecule has 3 atom stereocenters. The third-order valence-electron chi connectivity index (χ3n) is 5.12. The third kappa shape index (κ3) is 3.30. The topological polar surface area (TPSA) is 35.6 Å². The van der Waals surface area contributed by atoms with E-state index >= 15 is 0 Å². The Hall–Kier alpha value is -1.07. The Balaban J connectivity index is 1.66. The number of hydrogen-bond acceptors (Lipinski definition) is 3. The van der Waals surface area contributed by atoms with Crippen LogP contribution in [0.15, 0.2) is 17.5 Å². The van der Waals surface area contributed by atoms with Crippen LogP contribution < -0.4 is 5.32 Å². The average Bonchev–Trinajstić information content (AvgIpc) is 3.05. The number of nitrogens with zero attached hydrogens (tertiary/aromatic N) is 2. The molecule has 1 N–H and O–H groups in total. The van der Waals surface area contributed by atoms with E-state index in [4.69, 9.17) is 0 Å². The van der Waals surface area contributed by atoms with E-state index in [9.17, 15) is 4.79 Å². The predicted molar refractivity (Wildman–Crippen MR) is 91.2 cm³/mol. The molecule has 0 aromatic carbocycles. The van der Waals surface area contributed by atoms with Crippen LogP contribution in [0, 0.1) is 5.92 Å². The maximum atomic E-state index is 12.8. The zero-order valence-corrected chi connectivity index (χ0v) is 14.4. The van der Waals surface area contributed by atoms with E-state index < -0.39 is 0 Å². The largest absolute Gasteiger partial charge is 0.330 e. The molecule has 0 bridgehead atoms.